The molecule has 1 amide bonds. The highest BCUT2D eigenvalue weighted by Crippen LogP contribution is 2.30. The molecule has 0 bridgehead atoms. The smallest absolute Gasteiger partial charge is 0.227 e. The number of amides is 1. The summed E-state index contributed by atoms with van der Waals surface area (Å²) >= 11 is 0. The van der Waals surface area contributed by atoms with Crippen molar-refractivity contribution in [2.24, 2.45) is 5.92 Å². The second kappa shape index (κ2) is 5.87. The number of carbonyl (C=O) groups excluding carboxylic acids is 1. The Balaban J connectivity index is 0.00000128. The summed E-state index contributed by atoms with van der Waals surface area (Å²) < 4.78 is 0. The Labute approximate surface area is 104 Å². The van der Waals surface area contributed by atoms with Crippen LogP contribution in [-0.4, -0.2) is 36.0 Å². The Bertz CT molecular complexity index is 243. The lowest BCUT2D eigenvalue weighted by Gasteiger charge is -2.33. The van der Waals surface area contributed by atoms with Gasteiger partial charge in [-0.1, -0.05) is 0 Å². The lowest BCUT2D eigenvalue weighted by molar-refractivity contribution is -0.137. The lowest BCUT2D eigenvalue weighted by Crippen LogP contribution is -2.48. The van der Waals surface area contributed by atoms with Crippen LogP contribution in [0, 0.1) is 5.92 Å². The number of nitrogens with one attached hydrogen (secondary N) is 1. The van der Waals surface area contributed by atoms with E-state index in [1.54, 1.807) is 0 Å². The Morgan fingerprint density at radius 1 is 1.38 bits per heavy atom. The third kappa shape index (κ3) is 2.89. The molecule has 1 N–H and O–H groups in total. The van der Waals surface area contributed by atoms with Crippen LogP contribution in [-0.2, 0) is 4.79 Å². The van der Waals surface area contributed by atoms with Crippen molar-refractivity contribution >= 4 is 18.3 Å². The van der Waals surface area contributed by atoms with Crippen molar-refractivity contribution < 1.29 is 4.79 Å². The van der Waals surface area contributed by atoms with E-state index in [1.807, 2.05) is 0 Å². The van der Waals surface area contributed by atoms with E-state index in [4.69, 9.17) is 0 Å². The molecule has 16 heavy (non-hydrogen) atoms. The van der Waals surface area contributed by atoms with Gasteiger partial charge in [0.2, 0.25) is 5.91 Å². The zero-order valence-electron chi connectivity index (χ0n) is 10.2. The van der Waals surface area contributed by atoms with Crippen LogP contribution in [0.3, 0.4) is 0 Å². The summed E-state index contributed by atoms with van der Waals surface area (Å²) in [7, 11) is 0. The van der Waals surface area contributed by atoms with Crippen LogP contribution in [0.4, 0.5) is 0 Å². The zero-order chi connectivity index (χ0) is 10.8. The van der Waals surface area contributed by atoms with Crippen molar-refractivity contribution in [3.05, 3.63) is 0 Å². The van der Waals surface area contributed by atoms with E-state index in [1.165, 1.54) is 12.8 Å². The van der Waals surface area contributed by atoms with Crippen LogP contribution in [0.1, 0.15) is 39.5 Å². The maximum Gasteiger partial charge on any atom is 0.227 e. The Hall–Kier alpha value is -0.280. The first kappa shape index (κ1) is 13.8. The van der Waals surface area contributed by atoms with Crippen molar-refractivity contribution in [1.82, 2.24) is 10.2 Å². The lowest BCUT2D eigenvalue weighted by atomic mass is 9.90. The van der Waals surface area contributed by atoms with E-state index in [2.05, 4.69) is 24.1 Å². The molecule has 0 unspecified atom stereocenters. The largest absolute Gasteiger partial charge is 0.340 e. The second-order valence-electron chi connectivity index (χ2n) is 4.85. The highest BCUT2D eigenvalue weighted by atomic mass is 35.5. The molecule has 1 aliphatic carbocycles. The number of piperidine rings is 1. The van der Waals surface area contributed by atoms with Crippen LogP contribution in [0.2, 0.25) is 0 Å². The molecule has 4 heteroatoms. The van der Waals surface area contributed by atoms with Crippen LogP contribution in [0.25, 0.3) is 0 Å². The Morgan fingerprint density at radius 2 is 2.06 bits per heavy atom. The minimum absolute atomic E-state index is 0. The third-order valence-corrected chi connectivity index (χ3v) is 3.69. The molecule has 0 spiro atoms. The topological polar surface area (TPSA) is 32.3 Å². The molecule has 1 saturated carbocycles. The van der Waals surface area contributed by atoms with Gasteiger partial charge in [-0.25, -0.2) is 0 Å². The average molecular weight is 247 g/mol. The van der Waals surface area contributed by atoms with Gasteiger partial charge < -0.3 is 10.2 Å². The number of nitrogens with zero attached hydrogens (tertiary/aromatic N) is 1. The molecule has 2 fully saturated rings. The van der Waals surface area contributed by atoms with Gasteiger partial charge in [0.05, 0.1) is 5.92 Å². The predicted octanol–water partition coefficient (Wildman–Crippen LogP) is 1.81. The molecule has 1 saturated heterocycles. The maximum absolute atomic E-state index is 12.3. The van der Waals surface area contributed by atoms with Gasteiger partial charge in [-0.15, -0.1) is 12.4 Å². The fraction of sp³-hybridized carbons (Fsp3) is 0.917. The summed E-state index contributed by atoms with van der Waals surface area (Å²) in [4.78, 5) is 14.4. The molecule has 2 atom stereocenters. The molecule has 1 aliphatic heterocycles. The van der Waals surface area contributed by atoms with Gasteiger partial charge >= 0.3 is 0 Å². The van der Waals surface area contributed by atoms with Crippen molar-refractivity contribution in [3.63, 3.8) is 0 Å². The SMILES string of the molecule is CCN(C(=O)[C@@H]1CCCN[C@@H]1C)C1CC1.Cl. The summed E-state index contributed by atoms with van der Waals surface area (Å²) in [6.45, 7) is 6.19. The summed E-state index contributed by atoms with van der Waals surface area (Å²) in [6.07, 6.45) is 4.64. The fourth-order valence-corrected chi connectivity index (χ4v) is 2.57. The summed E-state index contributed by atoms with van der Waals surface area (Å²) in [6, 6.07) is 0.927. The standard InChI is InChI=1S/C12H22N2O.ClH/c1-3-14(10-6-7-10)12(15)11-5-4-8-13-9(11)2;/h9-11,13H,3-8H2,1-2H3;1H/t9-,11-;/m1./s1. The first-order valence-electron chi connectivity index (χ1n) is 6.28. The van der Waals surface area contributed by atoms with E-state index in [0.717, 1.165) is 25.9 Å². The normalized spacial score (nSPS) is 29.4. The first-order chi connectivity index (χ1) is 7.24. The van der Waals surface area contributed by atoms with Crippen molar-refractivity contribution in [3.8, 4) is 0 Å². The average Bonchev–Trinajstić information content (AvgIpc) is 3.03. The van der Waals surface area contributed by atoms with Crippen LogP contribution >= 0.6 is 12.4 Å². The zero-order valence-corrected chi connectivity index (χ0v) is 11.1. The minimum atomic E-state index is 0. The van der Waals surface area contributed by atoms with E-state index in [0.29, 0.717) is 18.0 Å². The van der Waals surface area contributed by atoms with Gasteiger partial charge in [-0.05, 0) is 46.1 Å². The van der Waals surface area contributed by atoms with Gasteiger partial charge in [0.1, 0.15) is 0 Å². The summed E-state index contributed by atoms with van der Waals surface area (Å²) in [5, 5.41) is 3.40. The molecule has 94 valence electrons. The van der Waals surface area contributed by atoms with E-state index in [-0.39, 0.29) is 18.3 Å². The van der Waals surface area contributed by atoms with Crippen molar-refractivity contribution in [2.45, 2.75) is 51.6 Å². The van der Waals surface area contributed by atoms with Crippen LogP contribution < -0.4 is 5.32 Å². The molecule has 2 rings (SSSR count). The van der Waals surface area contributed by atoms with Gasteiger partial charge in [-0.2, -0.15) is 0 Å². The Kier molecular flexibility index (Phi) is 5.06. The van der Waals surface area contributed by atoms with Gasteiger partial charge in [0, 0.05) is 18.6 Å². The van der Waals surface area contributed by atoms with Crippen molar-refractivity contribution in [1.29, 1.82) is 0 Å². The number of halogens is 1. The predicted molar refractivity (Wildman–Crippen MR) is 67.8 cm³/mol. The fourth-order valence-electron chi connectivity index (χ4n) is 2.57. The van der Waals surface area contributed by atoms with E-state index >= 15 is 0 Å². The summed E-state index contributed by atoms with van der Waals surface area (Å²) in [5.74, 6) is 0.610. The molecule has 0 aromatic carbocycles. The second-order valence-corrected chi connectivity index (χ2v) is 4.85. The molecule has 2 aliphatic rings. The molecule has 3 nitrogen and oxygen atoms in total. The quantitative estimate of drug-likeness (QED) is 0.824. The maximum atomic E-state index is 12.3. The van der Waals surface area contributed by atoms with E-state index in [9.17, 15) is 4.79 Å². The number of rotatable bonds is 3. The van der Waals surface area contributed by atoms with Gasteiger partial charge in [0.15, 0.2) is 0 Å². The molecule has 0 aromatic heterocycles. The number of hydrogen-bond acceptors (Lipinski definition) is 2. The molecule has 0 aromatic rings. The highest BCUT2D eigenvalue weighted by Gasteiger charge is 2.37. The molecule has 1 heterocycles. The molecular formula is C12H23ClN2O. The number of carbonyl (C=O) groups is 1. The molecular weight excluding hydrogens is 224 g/mol. The minimum Gasteiger partial charge on any atom is -0.340 e. The van der Waals surface area contributed by atoms with Crippen LogP contribution in [0.5, 0.6) is 0 Å². The highest BCUT2D eigenvalue weighted by molar-refractivity contribution is 5.85. The molecule has 0 radical (unpaired) electrons. The van der Waals surface area contributed by atoms with E-state index < -0.39 is 0 Å². The monoisotopic (exact) mass is 246 g/mol. The first-order valence-corrected chi connectivity index (χ1v) is 6.28. The number of hydrogen-bond donors (Lipinski definition) is 1. The van der Waals surface area contributed by atoms with Gasteiger partial charge in [-0.3, -0.25) is 4.79 Å². The van der Waals surface area contributed by atoms with Crippen LogP contribution in [0.15, 0.2) is 0 Å². The Morgan fingerprint density at radius 3 is 2.56 bits per heavy atom. The van der Waals surface area contributed by atoms with Gasteiger partial charge in [0.25, 0.3) is 0 Å². The summed E-state index contributed by atoms with van der Waals surface area (Å²) in [5.41, 5.74) is 0. The third-order valence-electron chi connectivity index (χ3n) is 3.69. The van der Waals surface area contributed by atoms with Crippen molar-refractivity contribution in [2.75, 3.05) is 13.1 Å².